The van der Waals surface area contributed by atoms with E-state index in [2.05, 4.69) is 10.6 Å². The Bertz CT molecular complexity index is 528. The minimum Gasteiger partial charge on any atom is -0.357 e. The third-order valence-corrected chi connectivity index (χ3v) is 5.95. The van der Waals surface area contributed by atoms with Crippen LogP contribution in [-0.2, 0) is 14.4 Å². The first-order chi connectivity index (χ1) is 11.2. The summed E-state index contributed by atoms with van der Waals surface area (Å²) in [5, 5.41) is 14.1. The van der Waals surface area contributed by atoms with Gasteiger partial charge >= 0.3 is 0 Å². The number of hydrogen-bond donors (Lipinski definition) is 4. The second kappa shape index (κ2) is 7.28. The highest BCUT2D eigenvalue weighted by Crippen LogP contribution is 2.46. The first-order valence-corrected chi connectivity index (χ1v) is 9.13. The molecule has 2 heterocycles. The van der Waals surface area contributed by atoms with Crippen LogP contribution in [0.2, 0.25) is 0 Å². The number of likely N-dealkylation sites (N-methyl/N-ethyl adjacent to an activating group) is 1. The molecular formula is C15H26N4O4S. The van der Waals surface area contributed by atoms with Crippen LogP contribution in [-0.4, -0.2) is 64.1 Å². The summed E-state index contributed by atoms with van der Waals surface area (Å²) in [6.45, 7) is 5.47. The summed E-state index contributed by atoms with van der Waals surface area (Å²) in [5.74, 6) is -0.152. The fraction of sp³-hybridized carbons (Fsp3) is 0.800. The van der Waals surface area contributed by atoms with E-state index in [9.17, 15) is 14.4 Å². The highest BCUT2D eigenvalue weighted by atomic mass is 32.2. The maximum absolute atomic E-state index is 13.0. The molecule has 9 heteroatoms. The van der Waals surface area contributed by atoms with Gasteiger partial charge in [0.05, 0.1) is 5.37 Å². The Hall–Kier alpha value is -1.32. The van der Waals surface area contributed by atoms with Gasteiger partial charge in [0.15, 0.2) is 0 Å². The van der Waals surface area contributed by atoms with Crippen molar-refractivity contribution in [1.82, 2.24) is 21.0 Å². The Morgan fingerprint density at radius 1 is 1.42 bits per heavy atom. The zero-order valence-corrected chi connectivity index (χ0v) is 15.3. The first-order valence-electron chi connectivity index (χ1n) is 8.08. The van der Waals surface area contributed by atoms with E-state index in [1.165, 1.54) is 6.92 Å². The molecule has 4 atom stereocenters. The standard InChI is InChI=1S/C15H26N4O4S/c1-8(18-23)12(20)17-9-5-6-24-10-7-15(2,3)11(13(21)16-4)19(10)14(9)22/h8-11,18,23H,5-7H2,1-4H3,(H,16,21)(H,17,20)/t8-,9-,10-,11+/m0/s1. The third kappa shape index (κ3) is 3.52. The van der Waals surface area contributed by atoms with Gasteiger partial charge in [0.25, 0.3) is 0 Å². The van der Waals surface area contributed by atoms with Crippen molar-refractivity contribution in [2.24, 2.45) is 5.41 Å². The normalized spacial score (nSPS) is 30.3. The molecule has 2 fully saturated rings. The minimum absolute atomic E-state index is 0.0647. The fourth-order valence-corrected chi connectivity index (χ4v) is 4.92. The molecule has 24 heavy (non-hydrogen) atoms. The van der Waals surface area contributed by atoms with Crippen molar-refractivity contribution in [3.63, 3.8) is 0 Å². The van der Waals surface area contributed by atoms with Crippen molar-refractivity contribution < 1.29 is 19.6 Å². The molecule has 8 nitrogen and oxygen atoms in total. The lowest BCUT2D eigenvalue weighted by Gasteiger charge is -2.33. The first kappa shape index (κ1) is 19.0. The Morgan fingerprint density at radius 3 is 2.67 bits per heavy atom. The van der Waals surface area contributed by atoms with Crippen LogP contribution >= 0.6 is 11.8 Å². The molecule has 0 spiro atoms. The third-order valence-electron chi connectivity index (χ3n) is 4.70. The second-order valence-electron chi connectivity index (χ2n) is 6.98. The molecule has 0 unspecified atom stereocenters. The van der Waals surface area contributed by atoms with Crippen LogP contribution < -0.4 is 16.1 Å². The monoisotopic (exact) mass is 358 g/mol. The van der Waals surface area contributed by atoms with Gasteiger partial charge in [-0.2, -0.15) is 5.48 Å². The van der Waals surface area contributed by atoms with E-state index in [1.54, 1.807) is 23.7 Å². The number of nitrogens with one attached hydrogen (secondary N) is 3. The van der Waals surface area contributed by atoms with Crippen molar-refractivity contribution in [1.29, 1.82) is 0 Å². The summed E-state index contributed by atoms with van der Waals surface area (Å²) >= 11 is 1.65. The summed E-state index contributed by atoms with van der Waals surface area (Å²) in [7, 11) is 1.56. The van der Waals surface area contributed by atoms with Crippen LogP contribution in [0.25, 0.3) is 0 Å². The van der Waals surface area contributed by atoms with Gasteiger partial charge in [0.2, 0.25) is 17.7 Å². The maximum Gasteiger partial charge on any atom is 0.246 e. The number of carbonyl (C=O) groups excluding carboxylic acids is 3. The molecule has 2 aliphatic rings. The van der Waals surface area contributed by atoms with Crippen molar-refractivity contribution >= 4 is 29.5 Å². The predicted octanol–water partition coefficient (Wildman–Crippen LogP) is -0.325. The molecule has 136 valence electrons. The molecule has 2 aliphatic heterocycles. The number of hydrogen-bond acceptors (Lipinski definition) is 6. The van der Waals surface area contributed by atoms with Gasteiger partial charge < -0.3 is 20.7 Å². The molecule has 3 amide bonds. The zero-order chi connectivity index (χ0) is 18.1. The maximum atomic E-state index is 13.0. The van der Waals surface area contributed by atoms with Crippen molar-refractivity contribution in [3.05, 3.63) is 0 Å². The fourth-order valence-electron chi connectivity index (χ4n) is 3.34. The lowest BCUT2D eigenvalue weighted by molar-refractivity contribution is -0.143. The molecule has 4 N–H and O–H groups in total. The smallest absolute Gasteiger partial charge is 0.246 e. The van der Waals surface area contributed by atoms with Crippen LogP contribution in [0.4, 0.5) is 0 Å². The molecular weight excluding hydrogens is 332 g/mol. The molecule has 0 aromatic heterocycles. The summed E-state index contributed by atoms with van der Waals surface area (Å²) in [4.78, 5) is 39.0. The molecule has 0 bridgehead atoms. The Balaban J connectivity index is 2.25. The number of thioether (sulfide) groups is 1. The SMILES string of the molecule is CNC(=O)[C@H]1N2C(=O)[C@@H](NC(=O)[C@H](C)NO)CCS[C@H]2CC1(C)C. The van der Waals surface area contributed by atoms with Gasteiger partial charge in [0, 0.05) is 7.05 Å². The largest absolute Gasteiger partial charge is 0.357 e. The summed E-state index contributed by atoms with van der Waals surface area (Å²) in [6.07, 6.45) is 1.23. The average Bonchev–Trinajstić information content (AvgIpc) is 2.73. The lowest BCUT2D eigenvalue weighted by Crippen LogP contribution is -2.57. The Kier molecular flexibility index (Phi) is 5.77. The number of carbonyl (C=O) groups is 3. The topological polar surface area (TPSA) is 111 Å². The van der Waals surface area contributed by atoms with E-state index in [4.69, 9.17) is 5.21 Å². The quantitative estimate of drug-likeness (QED) is 0.513. The second-order valence-corrected chi connectivity index (χ2v) is 8.27. The zero-order valence-electron chi connectivity index (χ0n) is 14.5. The van der Waals surface area contributed by atoms with Gasteiger partial charge in [-0.05, 0) is 30.9 Å². The summed E-state index contributed by atoms with van der Waals surface area (Å²) < 4.78 is 0. The van der Waals surface area contributed by atoms with E-state index in [0.29, 0.717) is 6.42 Å². The average molecular weight is 358 g/mol. The predicted molar refractivity (Wildman–Crippen MR) is 90.3 cm³/mol. The van der Waals surface area contributed by atoms with Crippen LogP contribution in [0, 0.1) is 5.41 Å². The van der Waals surface area contributed by atoms with Crippen molar-refractivity contribution in [2.75, 3.05) is 12.8 Å². The van der Waals surface area contributed by atoms with Crippen LogP contribution in [0.15, 0.2) is 0 Å². The highest BCUT2D eigenvalue weighted by molar-refractivity contribution is 7.99. The van der Waals surface area contributed by atoms with Gasteiger partial charge in [-0.25, -0.2) is 0 Å². The molecule has 0 radical (unpaired) electrons. The molecule has 2 saturated heterocycles. The van der Waals surface area contributed by atoms with E-state index >= 15 is 0 Å². The number of amides is 3. The number of nitrogens with zero attached hydrogens (tertiary/aromatic N) is 1. The minimum atomic E-state index is -0.811. The summed E-state index contributed by atoms with van der Waals surface area (Å²) in [6, 6.07) is -2.06. The molecule has 0 saturated carbocycles. The van der Waals surface area contributed by atoms with Gasteiger partial charge in [-0.15, -0.1) is 11.8 Å². The number of hydroxylamine groups is 1. The van der Waals surface area contributed by atoms with E-state index in [1.807, 2.05) is 19.3 Å². The van der Waals surface area contributed by atoms with E-state index in [0.717, 1.165) is 12.2 Å². The van der Waals surface area contributed by atoms with Crippen molar-refractivity contribution in [2.45, 2.75) is 57.1 Å². The lowest BCUT2D eigenvalue weighted by atomic mass is 9.84. The Labute approximate surface area is 146 Å². The van der Waals surface area contributed by atoms with Crippen LogP contribution in [0.3, 0.4) is 0 Å². The molecule has 0 aromatic rings. The summed E-state index contributed by atoms with van der Waals surface area (Å²) in [5.41, 5.74) is 1.54. The molecule has 0 aromatic carbocycles. The molecule has 2 rings (SSSR count). The van der Waals surface area contributed by atoms with Gasteiger partial charge in [-0.3, -0.25) is 14.4 Å². The van der Waals surface area contributed by atoms with Crippen molar-refractivity contribution in [3.8, 4) is 0 Å². The number of rotatable bonds is 4. The van der Waals surface area contributed by atoms with E-state index in [-0.39, 0.29) is 22.6 Å². The van der Waals surface area contributed by atoms with Crippen LogP contribution in [0.1, 0.15) is 33.6 Å². The molecule has 0 aliphatic carbocycles. The Morgan fingerprint density at radius 2 is 2.08 bits per heavy atom. The van der Waals surface area contributed by atoms with Gasteiger partial charge in [0.1, 0.15) is 18.1 Å². The van der Waals surface area contributed by atoms with Crippen LogP contribution in [0.5, 0.6) is 0 Å². The van der Waals surface area contributed by atoms with Gasteiger partial charge in [-0.1, -0.05) is 13.8 Å². The van der Waals surface area contributed by atoms with E-state index < -0.39 is 24.0 Å². The highest BCUT2D eigenvalue weighted by Gasteiger charge is 2.54. The number of fused-ring (bicyclic) bond motifs is 1.